The number of rotatable bonds is 5. The minimum absolute atomic E-state index is 0.298. The summed E-state index contributed by atoms with van der Waals surface area (Å²) in [6.07, 6.45) is -4.26. The van der Waals surface area contributed by atoms with Gasteiger partial charge in [0.1, 0.15) is 5.76 Å². The number of carbonyl (C=O) groups excluding carboxylic acids is 2. The minimum atomic E-state index is -4.68. The lowest BCUT2D eigenvalue weighted by molar-refractivity contribution is -0.138. The van der Waals surface area contributed by atoms with Gasteiger partial charge in [-0.3, -0.25) is 9.59 Å². The molecule has 3 aromatic rings. The van der Waals surface area contributed by atoms with Crippen LogP contribution in [0.5, 0.6) is 0 Å². The highest BCUT2D eigenvalue weighted by molar-refractivity contribution is 6.39. The third-order valence-corrected chi connectivity index (χ3v) is 4.24. The van der Waals surface area contributed by atoms with Crippen LogP contribution in [0.2, 0.25) is 0 Å². The number of aliphatic hydroxyl groups excluding tert-OH is 1. The van der Waals surface area contributed by atoms with Crippen molar-refractivity contribution in [3.05, 3.63) is 78.1 Å². The first-order valence-electron chi connectivity index (χ1n) is 8.83. The standard InChI is InChI=1S/C21H17F3N2O4/c22-21(23,24)15-4-1-2-5-16(15)26-20(29)19(28)25-12-17(27)13-7-9-14(10-8-13)18-6-3-11-30-18/h1-11,17,27H,12H2,(H,25,28)(H,26,29). The predicted octanol–water partition coefficient (Wildman–Crippen LogP) is 3.75. The number of nitrogens with one attached hydrogen (secondary N) is 2. The van der Waals surface area contributed by atoms with E-state index in [1.165, 1.54) is 18.4 Å². The Morgan fingerprint density at radius 2 is 1.67 bits per heavy atom. The van der Waals surface area contributed by atoms with E-state index >= 15 is 0 Å². The first-order chi connectivity index (χ1) is 14.3. The number of hydrogen-bond acceptors (Lipinski definition) is 4. The van der Waals surface area contributed by atoms with Gasteiger partial charge >= 0.3 is 18.0 Å². The van der Waals surface area contributed by atoms with Gasteiger partial charge in [-0.1, -0.05) is 36.4 Å². The molecule has 156 valence electrons. The zero-order valence-corrected chi connectivity index (χ0v) is 15.4. The lowest BCUT2D eigenvalue weighted by Crippen LogP contribution is -2.38. The molecule has 0 fully saturated rings. The maximum Gasteiger partial charge on any atom is 0.418 e. The summed E-state index contributed by atoms with van der Waals surface area (Å²) in [4.78, 5) is 23.9. The van der Waals surface area contributed by atoms with E-state index in [4.69, 9.17) is 4.42 Å². The van der Waals surface area contributed by atoms with Gasteiger partial charge < -0.3 is 20.2 Å². The fraction of sp³-hybridized carbons (Fsp3) is 0.143. The summed E-state index contributed by atoms with van der Waals surface area (Å²) in [7, 11) is 0. The summed E-state index contributed by atoms with van der Waals surface area (Å²) >= 11 is 0. The number of benzene rings is 2. The molecule has 0 spiro atoms. The predicted molar refractivity (Wildman–Crippen MR) is 102 cm³/mol. The first-order valence-corrected chi connectivity index (χ1v) is 8.83. The Morgan fingerprint density at radius 3 is 2.30 bits per heavy atom. The molecule has 6 nitrogen and oxygen atoms in total. The summed E-state index contributed by atoms with van der Waals surface area (Å²) in [5, 5.41) is 14.3. The van der Waals surface area contributed by atoms with E-state index in [1.54, 1.807) is 36.4 Å². The lowest BCUT2D eigenvalue weighted by Gasteiger charge is -2.14. The van der Waals surface area contributed by atoms with Crippen molar-refractivity contribution in [2.75, 3.05) is 11.9 Å². The van der Waals surface area contributed by atoms with Crippen LogP contribution in [0.3, 0.4) is 0 Å². The van der Waals surface area contributed by atoms with Crippen LogP contribution in [0.1, 0.15) is 17.2 Å². The Balaban J connectivity index is 1.57. The van der Waals surface area contributed by atoms with Gasteiger partial charge in [-0.05, 0) is 29.8 Å². The van der Waals surface area contributed by atoms with Crippen LogP contribution in [0.25, 0.3) is 11.3 Å². The van der Waals surface area contributed by atoms with Gasteiger partial charge in [0.05, 0.1) is 23.6 Å². The number of carbonyl (C=O) groups is 2. The summed E-state index contributed by atoms with van der Waals surface area (Å²) in [5.41, 5.74) is -0.321. The maximum atomic E-state index is 13.0. The van der Waals surface area contributed by atoms with E-state index in [2.05, 4.69) is 5.32 Å². The van der Waals surface area contributed by atoms with E-state index in [9.17, 15) is 27.9 Å². The molecule has 3 N–H and O–H groups in total. The molecule has 1 heterocycles. The van der Waals surface area contributed by atoms with Crippen molar-refractivity contribution in [1.29, 1.82) is 0 Å². The molecule has 0 aliphatic heterocycles. The van der Waals surface area contributed by atoms with Crippen molar-refractivity contribution in [1.82, 2.24) is 5.32 Å². The van der Waals surface area contributed by atoms with Crippen LogP contribution < -0.4 is 10.6 Å². The van der Waals surface area contributed by atoms with Crippen LogP contribution in [0.15, 0.2) is 71.3 Å². The second kappa shape index (κ2) is 8.83. The number of halogens is 3. The minimum Gasteiger partial charge on any atom is -0.464 e. The molecule has 0 saturated heterocycles. The Morgan fingerprint density at radius 1 is 0.967 bits per heavy atom. The van der Waals surface area contributed by atoms with Crippen molar-refractivity contribution in [3.63, 3.8) is 0 Å². The average Bonchev–Trinajstić information content (AvgIpc) is 3.26. The van der Waals surface area contributed by atoms with Crippen LogP contribution in [-0.4, -0.2) is 23.5 Å². The highest BCUT2D eigenvalue weighted by Crippen LogP contribution is 2.34. The smallest absolute Gasteiger partial charge is 0.418 e. The molecule has 1 atom stereocenters. The molecule has 0 aliphatic carbocycles. The molecule has 0 radical (unpaired) electrons. The molecule has 3 rings (SSSR count). The van der Waals surface area contributed by atoms with E-state index < -0.39 is 35.3 Å². The molecule has 1 aromatic heterocycles. The third-order valence-electron chi connectivity index (χ3n) is 4.24. The third kappa shape index (κ3) is 5.06. The molecule has 30 heavy (non-hydrogen) atoms. The number of anilines is 1. The van der Waals surface area contributed by atoms with Crippen LogP contribution in [0.4, 0.5) is 18.9 Å². The lowest BCUT2D eigenvalue weighted by atomic mass is 10.1. The molecule has 0 saturated carbocycles. The van der Waals surface area contributed by atoms with Gasteiger partial charge in [-0.15, -0.1) is 0 Å². The molecule has 1 unspecified atom stereocenters. The topological polar surface area (TPSA) is 91.6 Å². The number of para-hydroxylation sites is 1. The van der Waals surface area contributed by atoms with Crippen molar-refractivity contribution < 1.29 is 32.3 Å². The molecular formula is C21H17F3N2O4. The number of furan rings is 1. The maximum absolute atomic E-state index is 13.0. The summed E-state index contributed by atoms with van der Waals surface area (Å²) in [6, 6.07) is 14.5. The molecule has 0 bridgehead atoms. The zero-order chi connectivity index (χ0) is 21.7. The number of amides is 2. The highest BCUT2D eigenvalue weighted by Gasteiger charge is 2.34. The van der Waals surface area contributed by atoms with Gasteiger partial charge in [0.2, 0.25) is 0 Å². The Kier molecular flexibility index (Phi) is 6.22. The Labute approximate surface area is 169 Å². The summed E-state index contributed by atoms with van der Waals surface area (Å²) in [6.45, 7) is -0.298. The number of alkyl halides is 3. The largest absolute Gasteiger partial charge is 0.464 e. The van der Waals surface area contributed by atoms with Crippen molar-refractivity contribution >= 4 is 17.5 Å². The van der Waals surface area contributed by atoms with Crippen molar-refractivity contribution in [2.24, 2.45) is 0 Å². The van der Waals surface area contributed by atoms with Crippen molar-refractivity contribution in [3.8, 4) is 11.3 Å². The van der Waals surface area contributed by atoms with Gasteiger partial charge in [-0.25, -0.2) is 0 Å². The summed E-state index contributed by atoms with van der Waals surface area (Å²) in [5.74, 6) is -1.79. The zero-order valence-electron chi connectivity index (χ0n) is 15.4. The monoisotopic (exact) mass is 418 g/mol. The van der Waals surface area contributed by atoms with Crippen LogP contribution in [-0.2, 0) is 15.8 Å². The fourth-order valence-electron chi connectivity index (χ4n) is 2.72. The molecule has 2 aromatic carbocycles. The number of hydrogen-bond donors (Lipinski definition) is 3. The molecule has 0 aliphatic rings. The average molecular weight is 418 g/mol. The van der Waals surface area contributed by atoms with Crippen LogP contribution in [0, 0.1) is 0 Å². The second-order valence-corrected chi connectivity index (χ2v) is 6.32. The van der Waals surface area contributed by atoms with Crippen molar-refractivity contribution in [2.45, 2.75) is 12.3 Å². The quantitative estimate of drug-likeness (QED) is 0.551. The summed E-state index contributed by atoms with van der Waals surface area (Å²) < 4.78 is 44.2. The van der Waals surface area contributed by atoms with Gasteiger partial charge in [-0.2, -0.15) is 13.2 Å². The van der Waals surface area contributed by atoms with E-state index in [0.717, 1.165) is 17.7 Å². The van der Waals surface area contributed by atoms with Gasteiger partial charge in [0.15, 0.2) is 0 Å². The van der Waals surface area contributed by atoms with E-state index in [1.807, 2.05) is 5.32 Å². The Bertz CT molecular complexity index is 1020. The Hall–Kier alpha value is -3.59. The molecule has 9 heteroatoms. The van der Waals surface area contributed by atoms with Crippen LogP contribution >= 0.6 is 0 Å². The number of aliphatic hydroxyl groups is 1. The van der Waals surface area contributed by atoms with Gasteiger partial charge in [0.25, 0.3) is 0 Å². The fourth-order valence-corrected chi connectivity index (χ4v) is 2.72. The highest BCUT2D eigenvalue weighted by atomic mass is 19.4. The van der Waals surface area contributed by atoms with E-state index in [0.29, 0.717) is 11.3 Å². The second-order valence-electron chi connectivity index (χ2n) is 6.32. The van der Waals surface area contributed by atoms with Gasteiger partial charge in [0, 0.05) is 12.1 Å². The normalized spacial score (nSPS) is 12.3. The first kappa shape index (κ1) is 21.1. The SMILES string of the molecule is O=C(NCC(O)c1ccc(-c2ccco2)cc1)C(=O)Nc1ccccc1C(F)(F)F. The molecule has 2 amide bonds. The van der Waals surface area contributed by atoms with E-state index in [-0.39, 0.29) is 6.54 Å². The molecular weight excluding hydrogens is 401 g/mol.